The third kappa shape index (κ3) is 2.69. The van der Waals surface area contributed by atoms with Gasteiger partial charge in [-0.2, -0.15) is 5.10 Å². The minimum Gasteiger partial charge on any atom is -0.497 e. The predicted molar refractivity (Wildman–Crippen MR) is 88.0 cm³/mol. The average molecular weight is 360 g/mol. The molecule has 0 aliphatic rings. The first-order valence-electron chi connectivity index (χ1n) is 6.67. The van der Waals surface area contributed by atoms with E-state index in [1.165, 1.54) is 0 Å². The van der Waals surface area contributed by atoms with E-state index in [4.69, 9.17) is 10.5 Å². The zero-order valence-electron chi connectivity index (χ0n) is 11.9. The molecule has 0 fully saturated rings. The van der Waals surface area contributed by atoms with Crippen molar-refractivity contribution in [2.45, 2.75) is 6.54 Å². The Balaban J connectivity index is 2.05. The number of aromatic nitrogens is 2. The molecular weight excluding hydrogens is 346 g/mol. The van der Waals surface area contributed by atoms with Gasteiger partial charge in [-0.3, -0.25) is 9.48 Å². The Morgan fingerprint density at radius 2 is 2.00 bits per heavy atom. The summed E-state index contributed by atoms with van der Waals surface area (Å²) in [5.41, 5.74) is 7.62. The Kier molecular flexibility index (Phi) is 3.85. The molecule has 0 bridgehead atoms. The average Bonchev–Trinajstić information content (AvgIpc) is 2.86. The molecule has 0 spiro atoms. The Morgan fingerprint density at radius 1 is 1.27 bits per heavy atom. The Morgan fingerprint density at radius 3 is 2.64 bits per heavy atom. The maximum absolute atomic E-state index is 11.6. The van der Waals surface area contributed by atoms with Crippen LogP contribution in [-0.4, -0.2) is 22.8 Å². The van der Waals surface area contributed by atoms with Crippen LogP contribution in [0.4, 0.5) is 0 Å². The van der Waals surface area contributed by atoms with Gasteiger partial charge in [0.05, 0.1) is 19.2 Å². The number of hydrogen-bond donors (Lipinski definition) is 1. The number of benzene rings is 2. The van der Waals surface area contributed by atoms with E-state index in [1.807, 2.05) is 42.5 Å². The maximum Gasteiger partial charge on any atom is 0.269 e. The summed E-state index contributed by atoms with van der Waals surface area (Å²) in [6.07, 6.45) is 0. The molecule has 0 radical (unpaired) electrons. The minimum atomic E-state index is -0.527. The summed E-state index contributed by atoms with van der Waals surface area (Å²) in [6, 6.07) is 13.4. The molecule has 0 unspecified atom stereocenters. The van der Waals surface area contributed by atoms with Crippen LogP contribution < -0.4 is 10.5 Å². The van der Waals surface area contributed by atoms with Crippen molar-refractivity contribution in [2.75, 3.05) is 7.11 Å². The summed E-state index contributed by atoms with van der Waals surface area (Å²) in [5.74, 6) is 0.274. The summed E-state index contributed by atoms with van der Waals surface area (Å²) in [5, 5.41) is 5.11. The van der Waals surface area contributed by atoms with Crippen molar-refractivity contribution in [3.63, 3.8) is 0 Å². The molecule has 1 aromatic heterocycles. The minimum absolute atomic E-state index is 0.288. The quantitative estimate of drug-likeness (QED) is 0.778. The lowest BCUT2D eigenvalue weighted by molar-refractivity contribution is 0.0996. The zero-order chi connectivity index (χ0) is 15.7. The number of ether oxygens (including phenoxy) is 1. The molecule has 0 atom stereocenters. The Labute approximate surface area is 135 Å². The van der Waals surface area contributed by atoms with Gasteiger partial charge in [-0.1, -0.05) is 28.1 Å². The fourth-order valence-corrected chi connectivity index (χ4v) is 2.70. The van der Waals surface area contributed by atoms with E-state index in [2.05, 4.69) is 21.0 Å². The SMILES string of the molecule is COc1ccc(Cn2nc(C(N)=O)c3ccc(Br)cc32)cc1. The van der Waals surface area contributed by atoms with Crippen molar-refractivity contribution < 1.29 is 9.53 Å². The van der Waals surface area contributed by atoms with E-state index < -0.39 is 5.91 Å². The monoisotopic (exact) mass is 359 g/mol. The second-order valence-electron chi connectivity index (χ2n) is 4.88. The van der Waals surface area contributed by atoms with Crippen LogP contribution in [0.25, 0.3) is 10.9 Å². The number of nitrogens with zero attached hydrogens (tertiary/aromatic N) is 2. The third-order valence-corrected chi connectivity index (χ3v) is 3.93. The second kappa shape index (κ2) is 5.81. The lowest BCUT2D eigenvalue weighted by Gasteiger charge is -2.05. The highest BCUT2D eigenvalue weighted by Crippen LogP contribution is 2.24. The van der Waals surface area contributed by atoms with Crippen molar-refractivity contribution >= 4 is 32.7 Å². The smallest absolute Gasteiger partial charge is 0.269 e. The molecule has 3 aromatic rings. The van der Waals surface area contributed by atoms with E-state index in [9.17, 15) is 4.79 Å². The highest BCUT2D eigenvalue weighted by atomic mass is 79.9. The summed E-state index contributed by atoms with van der Waals surface area (Å²) >= 11 is 3.44. The second-order valence-corrected chi connectivity index (χ2v) is 5.80. The summed E-state index contributed by atoms with van der Waals surface area (Å²) in [4.78, 5) is 11.6. The normalized spacial score (nSPS) is 10.8. The lowest BCUT2D eigenvalue weighted by atomic mass is 10.2. The largest absolute Gasteiger partial charge is 0.497 e. The first kappa shape index (κ1) is 14.6. The van der Waals surface area contributed by atoms with E-state index in [0.29, 0.717) is 6.54 Å². The van der Waals surface area contributed by atoms with Gasteiger partial charge in [0.2, 0.25) is 0 Å². The van der Waals surface area contributed by atoms with Gasteiger partial charge in [-0.05, 0) is 35.9 Å². The third-order valence-electron chi connectivity index (χ3n) is 3.44. The molecule has 112 valence electrons. The number of amides is 1. The summed E-state index contributed by atoms with van der Waals surface area (Å²) in [7, 11) is 1.63. The molecule has 2 aromatic carbocycles. The van der Waals surface area contributed by atoms with E-state index in [-0.39, 0.29) is 5.69 Å². The van der Waals surface area contributed by atoms with Crippen molar-refractivity contribution in [1.29, 1.82) is 0 Å². The van der Waals surface area contributed by atoms with E-state index in [0.717, 1.165) is 26.7 Å². The van der Waals surface area contributed by atoms with Crippen molar-refractivity contribution in [3.05, 3.63) is 58.2 Å². The van der Waals surface area contributed by atoms with Crippen LogP contribution in [0.1, 0.15) is 16.1 Å². The van der Waals surface area contributed by atoms with Gasteiger partial charge >= 0.3 is 0 Å². The molecule has 0 aliphatic carbocycles. The number of fused-ring (bicyclic) bond motifs is 1. The first-order chi connectivity index (χ1) is 10.6. The molecule has 0 saturated heterocycles. The first-order valence-corrected chi connectivity index (χ1v) is 7.46. The molecule has 6 heteroatoms. The molecule has 0 saturated carbocycles. The molecule has 1 amide bonds. The van der Waals surface area contributed by atoms with Crippen molar-refractivity contribution in [3.8, 4) is 5.75 Å². The number of hydrogen-bond acceptors (Lipinski definition) is 3. The fourth-order valence-electron chi connectivity index (χ4n) is 2.35. The summed E-state index contributed by atoms with van der Waals surface area (Å²) < 4.78 is 7.85. The van der Waals surface area contributed by atoms with Crippen LogP contribution in [0.15, 0.2) is 46.9 Å². The van der Waals surface area contributed by atoms with Gasteiger partial charge in [0, 0.05) is 9.86 Å². The predicted octanol–water partition coefficient (Wildman–Crippen LogP) is 2.95. The van der Waals surface area contributed by atoms with Crippen LogP contribution in [0.2, 0.25) is 0 Å². The van der Waals surface area contributed by atoms with Gasteiger partial charge in [0.25, 0.3) is 5.91 Å². The van der Waals surface area contributed by atoms with Crippen LogP contribution in [0, 0.1) is 0 Å². The van der Waals surface area contributed by atoms with Crippen LogP contribution in [-0.2, 0) is 6.54 Å². The molecule has 1 heterocycles. The van der Waals surface area contributed by atoms with Gasteiger partial charge in [-0.15, -0.1) is 0 Å². The number of methoxy groups -OCH3 is 1. The lowest BCUT2D eigenvalue weighted by Crippen LogP contribution is -2.13. The summed E-state index contributed by atoms with van der Waals surface area (Å²) in [6.45, 7) is 0.546. The molecule has 22 heavy (non-hydrogen) atoms. The molecular formula is C16H14BrN3O2. The van der Waals surface area contributed by atoms with Gasteiger partial charge < -0.3 is 10.5 Å². The van der Waals surface area contributed by atoms with Gasteiger partial charge in [0.15, 0.2) is 5.69 Å². The molecule has 5 nitrogen and oxygen atoms in total. The van der Waals surface area contributed by atoms with Crippen molar-refractivity contribution in [1.82, 2.24) is 9.78 Å². The van der Waals surface area contributed by atoms with Crippen molar-refractivity contribution in [2.24, 2.45) is 5.73 Å². The number of halogens is 1. The number of nitrogens with two attached hydrogens (primary N) is 1. The molecule has 2 N–H and O–H groups in total. The fraction of sp³-hybridized carbons (Fsp3) is 0.125. The van der Waals surface area contributed by atoms with Crippen LogP contribution in [0.3, 0.4) is 0 Å². The van der Waals surface area contributed by atoms with E-state index >= 15 is 0 Å². The van der Waals surface area contributed by atoms with Gasteiger partial charge in [-0.25, -0.2) is 0 Å². The highest BCUT2D eigenvalue weighted by molar-refractivity contribution is 9.10. The number of primary amides is 1. The number of rotatable bonds is 4. The maximum atomic E-state index is 11.6. The highest BCUT2D eigenvalue weighted by Gasteiger charge is 2.15. The molecule has 3 rings (SSSR count). The van der Waals surface area contributed by atoms with Gasteiger partial charge in [0.1, 0.15) is 5.75 Å². The van der Waals surface area contributed by atoms with Crippen LogP contribution in [0.5, 0.6) is 5.75 Å². The Bertz CT molecular complexity index is 840. The number of carbonyl (C=O) groups excluding carboxylic acids is 1. The topological polar surface area (TPSA) is 70.1 Å². The standard InChI is InChI=1S/C16H14BrN3O2/c1-22-12-5-2-10(3-6-12)9-20-14-8-11(17)4-7-13(14)15(19-20)16(18)21/h2-8H,9H2,1H3,(H2,18,21). The van der Waals surface area contributed by atoms with E-state index in [1.54, 1.807) is 11.8 Å². The molecule has 0 aliphatic heterocycles. The zero-order valence-corrected chi connectivity index (χ0v) is 13.5. The Hall–Kier alpha value is -2.34. The van der Waals surface area contributed by atoms with Crippen LogP contribution >= 0.6 is 15.9 Å². The number of carbonyl (C=O) groups is 1.